The maximum Gasteiger partial charge on any atom is 0.305 e. The Morgan fingerprint density at radius 3 is 2.47 bits per heavy atom. The van der Waals surface area contributed by atoms with Crippen LogP contribution in [-0.2, 0) is 11.2 Å². The number of carboxylic acids is 1. The molecule has 2 rings (SSSR count). The molecule has 1 fully saturated rings. The number of aryl methyl sites for hydroxylation is 1. The zero-order chi connectivity index (χ0) is 22.0. The summed E-state index contributed by atoms with van der Waals surface area (Å²) in [7, 11) is 6.42. The molecule has 0 spiro atoms. The average Bonchev–Trinajstić information content (AvgIpc) is 2.68. The minimum absolute atomic E-state index is 0.159. The smallest absolute Gasteiger partial charge is 0.305 e. The van der Waals surface area contributed by atoms with E-state index in [1.807, 2.05) is 7.05 Å². The highest BCUT2D eigenvalue weighted by Crippen LogP contribution is 2.31. The number of likely N-dealkylation sites (N-methyl/N-ethyl adjacent to an activating group) is 1. The van der Waals surface area contributed by atoms with Crippen molar-refractivity contribution in [2.45, 2.75) is 76.7 Å². The van der Waals surface area contributed by atoms with E-state index in [0.29, 0.717) is 0 Å². The normalized spacial score (nSPS) is 20.8. The summed E-state index contributed by atoms with van der Waals surface area (Å²) in [6.07, 6.45) is 11.2. The zero-order valence-electron chi connectivity index (χ0n) is 19.5. The van der Waals surface area contributed by atoms with Crippen LogP contribution in [0.5, 0.6) is 0 Å². The van der Waals surface area contributed by atoms with Crippen LogP contribution in [0.4, 0.5) is 5.69 Å². The second-order valence-corrected chi connectivity index (χ2v) is 10.6. The molecule has 1 saturated heterocycles. The molecule has 170 valence electrons. The summed E-state index contributed by atoms with van der Waals surface area (Å²) in [6, 6.07) is 8.80. The number of unbranched alkanes of at least 4 members (excludes halogenated alkanes) is 5. The molecule has 1 unspecified atom stereocenters. The van der Waals surface area contributed by atoms with Crippen LogP contribution in [0.25, 0.3) is 0 Å². The van der Waals surface area contributed by atoms with Crippen LogP contribution in [0, 0.1) is 0 Å². The van der Waals surface area contributed by atoms with Gasteiger partial charge in [0.2, 0.25) is 0 Å². The van der Waals surface area contributed by atoms with E-state index in [4.69, 9.17) is 0 Å². The number of quaternary nitrogens is 1. The maximum atomic E-state index is 11.5. The molecular formula is C24H42N3O2S+. The second kappa shape index (κ2) is 12.0. The van der Waals surface area contributed by atoms with Crippen LogP contribution in [0.1, 0.15) is 70.3 Å². The summed E-state index contributed by atoms with van der Waals surface area (Å²) in [6.45, 7) is 4.19. The molecule has 5 nitrogen and oxygen atoms in total. The van der Waals surface area contributed by atoms with Crippen molar-refractivity contribution in [3.63, 3.8) is 0 Å². The fourth-order valence-electron chi connectivity index (χ4n) is 4.58. The van der Waals surface area contributed by atoms with Gasteiger partial charge in [0.25, 0.3) is 0 Å². The van der Waals surface area contributed by atoms with Crippen LogP contribution < -0.4 is 9.03 Å². The van der Waals surface area contributed by atoms with E-state index in [0.717, 1.165) is 42.5 Å². The average molecular weight is 437 g/mol. The van der Waals surface area contributed by atoms with Crippen molar-refractivity contribution in [1.82, 2.24) is 4.72 Å². The molecule has 0 amide bonds. The number of aliphatic carboxylic acids is 1. The molecule has 1 aromatic rings. The SMILES string of the molecule is CCCCCCCCc1ccc(N(C)SNC2(CC(=O)O)CCC[N+](C)(C)C2)cc1. The molecule has 0 aromatic heterocycles. The topological polar surface area (TPSA) is 52.6 Å². The summed E-state index contributed by atoms with van der Waals surface area (Å²) in [5.41, 5.74) is 2.16. The molecular weight excluding hydrogens is 394 g/mol. The van der Waals surface area contributed by atoms with Crippen molar-refractivity contribution >= 4 is 23.8 Å². The first-order chi connectivity index (χ1) is 14.3. The minimum atomic E-state index is -0.730. The van der Waals surface area contributed by atoms with E-state index < -0.39 is 5.97 Å². The summed E-state index contributed by atoms with van der Waals surface area (Å²) in [5.74, 6) is -0.730. The Balaban J connectivity index is 1.85. The highest BCUT2D eigenvalue weighted by atomic mass is 32.2. The van der Waals surface area contributed by atoms with Crippen LogP contribution in [0.15, 0.2) is 24.3 Å². The number of hydrogen-bond donors (Lipinski definition) is 2. The van der Waals surface area contributed by atoms with Crippen molar-refractivity contribution < 1.29 is 14.4 Å². The Morgan fingerprint density at radius 2 is 1.83 bits per heavy atom. The molecule has 0 bridgehead atoms. The van der Waals surface area contributed by atoms with Crippen molar-refractivity contribution in [3.8, 4) is 0 Å². The van der Waals surface area contributed by atoms with E-state index in [1.54, 1.807) is 0 Å². The molecule has 1 aliphatic heterocycles. The van der Waals surface area contributed by atoms with Gasteiger partial charge in [-0.25, -0.2) is 4.72 Å². The van der Waals surface area contributed by atoms with Gasteiger partial charge in [0.15, 0.2) is 0 Å². The number of carbonyl (C=O) groups is 1. The third kappa shape index (κ3) is 8.48. The lowest BCUT2D eigenvalue weighted by Gasteiger charge is -2.45. The third-order valence-corrected chi connectivity index (χ3v) is 7.17. The van der Waals surface area contributed by atoms with Gasteiger partial charge in [0.1, 0.15) is 0 Å². The van der Waals surface area contributed by atoms with Crippen molar-refractivity contribution in [1.29, 1.82) is 0 Å². The van der Waals surface area contributed by atoms with Crippen LogP contribution in [0.2, 0.25) is 0 Å². The van der Waals surface area contributed by atoms with Crippen molar-refractivity contribution in [2.24, 2.45) is 0 Å². The first-order valence-electron chi connectivity index (χ1n) is 11.6. The number of carboxylic acid groups (broad SMARTS) is 1. The van der Waals surface area contributed by atoms with E-state index >= 15 is 0 Å². The predicted molar refractivity (Wildman–Crippen MR) is 129 cm³/mol. The number of likely N-dealkylation sites (tertiary alicyclic amines) is 1. The molecule has 0 aliphatic carbocycles. The van der Waals surface area contributed by atoms with Crippen LogP contribution >= 0.6 is 12.1 Å². The maximum absolute atomic E-state index is 11.5. The predicted octanol–water partition coefficient (Wildman–Crippen LogP) is 5.26. The summed E-state index contributed by atoms with van der Waals surface area (Å²) in [5, 5.41) is 9.48. The molecule has 6 heteroatoms. The van der Waals surface area contributed by atoms with Crippen LogP contribution in [0.3, 0.4) is 0 Å². The fourth-order valence-corrected chi connectivity index (χ4v) is 5.37. The van der Waals surface area contributed by atoms with Gasteiger partial charge < -0.3 is 13.9 Å². The number of hydrogen-bond acceptors (Lipinski definition) is 4. The van der Waals surface area contributed by atoms with Gasteiger partial charge in [-0.15, -0.1) is 0 Å². The Morgan fingerprint density at radius 1 is 1.17 bits per heavy atom. The largest absolute Gasteiger partial charge is 0.481 e. The Hall–Kier alpha value is -1.24. The highest BCUT2D eigenvalue weighted by molar-refractivity contribution is 7.98. The summed E-state index contributed by atoms with van der Waals surface area (Å²) in [4.78, 5) is 11.5. The van der Waals surface area contributed by atoms with Gasteiger partial charge in [-0.05, 0) is 43.4 Å². The van der Waals surface area contributed by atoms with Gasteiger partial charge in [0, 0.05) is 24.9 Å². The second-order valence-electron chi connectivity index (χ2n) is 9.65. The number of rotatable bonds is 13. The number of nitrogens with zero attached hydrogens (tertiary/aromatic N) is 2. The first-order valence-corrected chi connectivity index (χ1v) is 12.3. The van der Waals surface area contributed by atoms with Crippen molar-refractivity contribution in [3.05, 3.63) is 29.8 Å². The van der Waals surface area contributed by atoms with E-state index in [2.05, 4.69) is 54.3 Å². The highest BCUT2D eigenvalue weighted by Gasteiger charge is 2.43. The Bertz CT molecular complexity index is 650. The monoisotopic (exact) mass is 436 g/mol. The molecule has 1 atom stereocenters. The standard InChI is InChI=1S/C24H41N3O2S/c1-5-6-7-8-9-10-12-21-13-15-22(16-14-21)26(2)30-25-24(19-23(28)29)17-11-18-27(3,4)20-24/h13-16,25H,5-12,17-20H2,1-4H3/p+1. The van der Waals surface area contributed by atoms with Gasteiger partial charge in [-0.3, -0.25) is 4.79 Å². The fraction of sp³-hybridized carbons (Fsp3) is 0.708. The number of benzene rings is 1. The lowest BCUT2D eigenvalue weighted by Crippen LogP contribution is -2.62. The van der Waals surface area contributed by atoms with Crippen LogP contribution in [-0.4, -0.2) is 55.3 Å². The zero-order valence-corrected chi connectivity index (χ0v) is 20.3. The quantitative estimate of drug-likeness (QED) is 0.251. The third-order valence-electron chi connectivity index (χ3n) is 6.16. The Labute approximate surface area is 188 Å². The van der Waals surface area contributed by atoms with E-state index in [1.165, 1.54) is 56.2 Å². The molecule has 1 aromatic carbocycles. The van der Waals surface area contributed by atoms with Gasteiger partial charge in [0.05, 0.1) is 39.1 Å². The molecule has 1 heterocycles. The molecule has 0 radical (unpaired) electrons. The lowest BCUT2D eigenvalue weighted by atomic mass is 9.86. The van der Waals surface area contributed by atoms with Crippen molar-refractivity contribution in [2.75, 3.05) is 38.5 Å². The van der Waals surface area contributed by atoms with Gasteiger partial charge >= 0.3 is 5.97 Å². The Kier molecular flexibility index (Phi) is 9.98. The van der Waals surface area contributed by atoms with Gasteiger partial charge in [-0.2, -0.15) is 0 Å². The first kappa shape index (κ1) is 25.0. The lowest BCUT2D eigenvalue weighted by molar-refractivity contribution is -0.899. The molecule has 2 N–H and O–H groups in total. The van der Waals surface area contributed by atoms with E-state index in [9.17, 15) is 9.90 Å². The molecule has 0 saturated carbocycles. The van der Waals surface area contributed by atoms with E-state index in [-0.39, 0.29) is 12.0 Å². The summed E-state index contributed by atoms with van der Waals surface area (Å²) < 4.78 is 6.50. The molecule has 1 aliphatic rings. The minimum Gasteiger partial charge on any atom is -0.481 e. The number of nitrogens with one attached hydrogen (secondary N) is 1. The number of anilines is 1. The summed E-state index contributed by atoms with van der Waals surface area (Å²) >= 11 is 1.52. The van der Waals surface area contributed by atoms with Gasteiger partial charge in [-0.1, -0.05) is 51.2 Å². The number of piperidine rings is 1. The molecule has 30 heavy (non-hydrogen) atoms.